The molecule has 22 heavy (non-hydrogen) atoms. The number of carbonyl (C=O) groups excluding carboxylic acids is 3. The summed E-state index contributed by atoms with van der Waals surface area (Å²) in [5.74, 6) is -0.138. The van der Waals surface area contributed by atoms with E-state index in [2.05, 4.69) is 5.32 Å². The average Bonchev–Trinajstić information content (AvgIpc) is 2.81. The molecule has 1 N–H and O–H groups in total. The van der Waals surface area contributed by atoms with Crippen LogP contribution >= 0.6 is 0 Å². The summed E-state index contributed by atoms with van der Waals surface area (Å²) in [6, 6.07) is 7.69. The van der Waals surface area contributed by atoms with E-state index in [4.69, 9.17) is 0 Å². The number of hydrogen-bond donors (Lipinski definition) is 1. The van der Waals surface area contributed by atoms with Gasteiger partial charge in [0.2, 0.25) is 17.7 Å². The van der Waals surface area contributed by atoms with Crippen molar-refractivity contribution in [2.24, 2.45) is 0 Å². The second-order valence-corrected chi connectivity index (χ2v) is 5.66. The van der Waals surface area contributed by atoms with Crippen molar-refractivity contribution in [2.45, 2.75) is 45.4 Å². The van der Waals surface area contributed by atoms with Crippen LogP contribution in [0.4, 0.5) is 5.69 Å². The first kappa shape index (κ1) is 16.2. The van der Waals surface area contributed by atoms with Crippen LogP contribution in [-0.4, -0.2) is 29.2 Å². The van der Waals surface area contributed by atoms with Gasteiger partial charge in [-0.1, -0.05) is 24.1 Å². The molecule has 118 valence electrons. The number of nitrogens with zero attached hydrogens (tertiary/aromatic N) is 1. The van der Waals surface area contributed by atoms with Crippen molar-refractivity contribution in [1.82, 2.24) is 4.90 Å². The van der Waals surface area contributed by atoms with Gasteiger partial charge in [-0.15, -0.1) is 0 Å². The minimum atomic E-state index is -0.0675. The molecule has 0 radical (unpaired) electrons. The molecule has 0 aliphatic carbocycles. The standard InChI is InChI=1S/C17H22N2O3/c1-13-6-8-14(9-7-13)18-15(20)5-3-2-4-12-19-16(21)10-11-17(19)22/h6-9H,2-5,10-12H2,1H3,(H,18,20). The monoisotopic (exact) mass is 302 g/mol. The number of benzene rings is 1. The van der Waals surface area contributed by atoms with Crippen LogP contribution in [0.2, 0.25) is 0 Å². The van der Waals surface area contributed by atoms with E-state index in [-0.39, 0.29) is 17.7 Å². The number of rotatable bonds is 7. The molecule has 1 aliphatic rings. The summed E-state index contributed by atoms with van der Waals surface area (Å²) in [4.78, 5) is 36.0. The third-order valence-electron chi connectivity index (χ3n) is 3.78. The molecule has 1 aromatic rings. The maximum atomic E-state index is 11.8. The molecule has 0 aromatic heterocycles. The summed E-state index contributed by atoms with van der Waals surface area (Å²) < 4.78 is 0. The number of nitrogens with one attached hydrogen (secondary N) is 1. The smallest absolute Gasteiger partial charge is 0.229 e. The predicted molar refractivity (Wildman–Crippen MR) is 84.2 cm³/mol. The molecular formula is C17H22N2O3. The molecule has 0 unspecified atom stereocenters. The summed E-state index contributed by atoms with van der Waals surface area (Å²) in [6.45, 7) is 2.48. The molecule has 0 bridgehead atoms. The normalized spacial score (nSPS) is 14.5. The van der Waals surface area contributed by atoms with Crippen LogP contribution < -0.4 is 5.32 Å². The summed E-state index contributed by atoms with van der Waals surface area (Å²) in [5, 5.41) is 2.86. The van der Waals surface area contributed by atoms with E-state index in [9.17, 15) is 14.4 Å². The second kappa shape index (κ2) is 7.73. The Bertz CT molecular complexity index is 536. The highest BCUT2D eigenvalue weighted by Gasteiger charge is 2.27. The molecule has 0 saturated carbocycles. The van der Waals surface area contributed by atoms with Crippen LogP contribution in [0.1, 0.15) is 44.1 Å². The first-order chi connectivity index (χ1) is 10.6. The fourth-order valence-electron chi connectivity index (χ4n) is 2.46. The van der Waals surface area contributed by atoms with Crippen LogP contribution in [0.3, 0.4) is 0 Å². The van der Waals surface area contributed by atoms with Gasteiger partial charge in [0.1, 0.15) is 0 Å². The Balaban J connectivity index is 1.60. The Labute approximate surface area is 130 Å². The molecule has 1 fully saturated rings. The van der Waals surface area contributed by atoms with Crippen LogP contribution in [0.5, 0.6) is 0 Å². The number of amides is 3. The molecule has 1 aromatic carbocycles. The topological polar surface area (TPSA) is 66.5 Å². The molecule has 0 atom stereocenters. The van der Waals surface area contributed by atoms with E-state index in [1.807, 2.05) is 31.2 Å². The molecule has 1 heterocycles. The van der Waals surface area contributed by atoms with Crippen LogP contribution in [0, 0.1) is 6.92 Å². The lowest BCUT2D eigenvalue weighted by Gasteiger charge is -2.13. The van der Waals surface area contributed by atoms with E-state index >= 15 is 0 Å². The number of likely N-dealkylation sites (tertiary alicyclic amines) is 1. The van der Waals surface area contributed by atoms with E-state index in [0.29, 0.717) is 25.8 Å². The van der Waals surface area contributed by atoms with Crippen molar-refractivity contribution in [3.63, 3.8) is 0 Å². The molecule has 5 heteroatoms. The lowest BCUT2D eigenvalue weighted by Crippen LogP contribution is -2.29. The number of unbranched alkanes of at least 4 members (excludes halogenated alkanes) is 2. The van der Waals surface area contributed by atoms with Gasteiger partial charge in [0.25, 0.3) is 0 Å². The summed E-state index contributed by atoms with van der Waals surface area (Å²) in [7, 11) is 0. The second-order valence-electron chi connectivity index (χ2n) is 5.66. The number of imide groups is 1. The highest BCUT2D eigenvalue weighted by atomic mass is 16.2. The SMILES string of the molecule is Cc1ccc(NC(=O)CCCCCN2C(=O)CCC2=O)cc1. The summed E-state index contributed by atoms with van der Waals surface area (Å²) in [5.41, 5.74) is 1.97. The lowest BCUT2D eigenvalue weighted by molar-refractivity contribution is -0.138. The highest BCUT2D eigenvalue weighted by Crippen LogP contribution is 2.14. The minimum absolute atomic E-state index is 0.00261. The zero-order valence-corrected chi connectivity index (χ0v) is 12.9. The molecule has 2 rings (SSSR count). The van der Waals surface area contributed by atoms with Crippen LogP contribution in [-0.2, 0) is 14.4 Å². The Hall–Kier alpha value is -2.17. The van der Waals surface area contributed by atoms with Gasteiger partial charge in [-0.2, -0.15) is 0 Å². The Morgan fingerprint density at radius 3 is 2.32 bits per heavy atom. The number of hydrogen-bond acceptors (Lipinski definition) is 3. The third-order valence-corrected chi connectivity index (χ3v) is 3.78. The van der Waals surface area contributed by atoms with Crippen molar-refractivity contribution < 1.29 is 14.4 Å². The molecule has 3 amide bonds. The van der Waals surface area contributed by atoms with Crippen molar-refractivity contribution in [3.8, 4) is 0 Å². The van der Waals surface area contributed by atoms with Gasteiger partial charge in [0.15, 0.2) is 0 Å². The first-order valence-electron chi connectivity index (χ1n) is 7.76. The zero-order chi connectivity index (χ0) is 15.9. The Morgan fingerprint density at radius 2 is 1.68 bits per heavy atom. The third kappa shape index (κ3) is 4.69. The molecule has 0 spiro atoms. The quantitative estimate of drug-likeness (QED) is 0.622. The van der Waals surface area contributed by atoms with E-state index in [1.54, 1.807) is 0 Å². The maximum absolute atomic E-state index is 11.8. The predicted octanol–water partition coefficient (Wildman–Crippen LogP) is 2.64. The van der Waals surface area contributed by atoms with E-state index in [1.165, 1.54) is 4.90 Å². The number of carbonyl (C=O) groups is 3. The van der Waals surface area contributed by atoms with E-state index < -0.39 is 0 Å². The Morgan fingerprint density at radius 1 is 1.05 bits per heavy atom. The van der Waals surface area contributed by atoms with Crippen LogP contribution in [0.15, 0.2) is 24.3 Å². The summed E-state index contributed by atoms with van der Waals surface area (Å²) in [6.07, 6.45) is 3.49. The fourth-order valence-corrected chi connectivity index (χ4v) is 2.46. The molecule has 5 nitrogen and oxygen atoms in total. The largest absolute Gasteiger partial charge is 0.326 e. The highest BCUT2D eigenvalue weighted by molar-refractivity contribution is 6.01. The van der Waals surface area contributed by atoms with Crippen molar-refractivity contribution in [3.05, 3.63) is 29.8 Å². The Kier molecular flexibility index (Phi) is 5.69. The van der Waals surface area contributed by atoms with Gasteiger partial charge in [0, 0.05) is 31.5 Å². The number of aryl methyl sites for hydroxylation is 1. The number of anilines is 1. The summed E-state index contributed by atoms with van der Waals surface area (Å²) >= 11 is 0. The van der Waals surface area contributed by atoms with Crippen LogP contribution in [0.25, 0.3) is 0 Å². The fraction of sp³-hybridized carbons (Fsp3) is 0.471. The zero-order valence-electron chi connectivity index (χ0n) is 12.9. The maximum Gasteiger partial charge on any atom is 0.229 e. The van der Waals surface area contributed by atoms with Crippen molar-refractivity contribution in [1.29, 1.82) is 0 Å². The molecule has 1 saturated heterocycles. The molecule has 1 aliphatic heterocycles. The minimum Gasteiger partial charge on any atom is -0.326 e. The van der Waals surface area contributed by atoms with Gasteiger partial charge in [-0.25, -0.2) is 0 Å². The molecular weight excluding hydrogens is 280 g/mol. The van der Waals surface area contributed by atoms with Gasteiger partial charge in [-0.3, -0.25) is 19.3 Å². The van der Waals surface area contributed by atoms with Gasteiger partial charge < -0.3 is 5.32 Å². The lowest BCUT2D eigenvalue weighted by atomic mass is 10.1. The van der Waals surface area contributed by atoms with Crippen molar-refractivity contribution >= 4 is 23.4 Å². The van der Waals surface area contributed by atoms with Crippen molar-refractivity contribution in [2.75, 3.05) is 11.9 Å². The van der Waals surface area contributed by atoms with Gasteiger partial charge in [0.05, 0.1) is 0 Å². The van der Waals surface area contributed by atoms with Gasteiger partial charge >= 0.3 is 0 Å². The average molecular weight is 302 g/mol. The van der Waals surface area contributed by atoms with Gasteiger partial charge in [-0.05, 0) is 31.9 Å². The first-order valence-corrected chi connectivity index (χ1v) is 7.76. The van der Waals surface area contributed by atoms with E-state index in [0.717, 1.165) is 30.5 Å².